The average Bonchev–Trinajstić information content (AvgIpc) is 2.37. The van der Waals surface area contributed by atoms with Crippen molar-refractivity contribution < 1.29 is 10.2 Å². The molecule has 92 valence electrons. The summed E-state index contributed by atoms with van der Waals surface area (Å²) >= 11 is 0. The van der Waals surface area contributed by atoms with E-state index in [0.717, 1.165) is 11.1 Å². The molecule has 2 aromatic rings. The molecule has 0 aliphatic rings. The zero-order valence-electron chi connectivity index (χ0n) is 10.5. The van der Waals surface area contributed by atoms with Crippen LogP contribution in [0.1, 0.15) is 23.6 Å². The van der Waals surface area contributed by atoms with Gasteiger partial charge >= 0.3 is 0 Å². The van der Waals surface area contributed by atoms with E-state index < -0.39 is 0 Å². The number of hydrogen-bond acceptors (Lipinski definition) is 2. The second-order valence-corrected chi connectivity index (χ2v) is 4.39. The van der Waals surface area contributed by atoms with E-state index in [9.17, 15) is 10.2 Å². The van der Waals surface area contributed by atoms with E-state index in [2.05, 4.69) is 0 Å². The summed E-state index contributed by atoms with van der Waals surface area (Å²) in [4.78, 5) is 0. The van der Waals surface area contributed by atoms with Crippen LogP contribution in [-0.4, -0.2) is 10.2 Å². The molecule has 0 unspecified atom stereocenters. The van der Waals surface area contributed by atoms with Crippen molar-refractivity contribution in [2.75, 3.05) is 0 Å². The van der Waals surface area contributed by atoms with Crippen molar-refractivity contribution in [2.24, 2.45) is 0 Å². The predicted molar refractivity (Wildman–Crippen MR) is 74.5 cm³/mol. The molecule has 2 rings (SSSR count). The lowest BCUT2D eigenvalue weighted by molar-refractivity contribution is 0.456. The first-order chi connectivity index (χ1) is 8.58. The van der Waals surface area contributed by atoms with Crippen molar-refractivity contribution in [2.45, 2.75) is 13.8 Å². The summed E-state index contributed by atoms with van der Waals surface area (Å²) in [5, 5.41) is 19.5. The highest BCUT2D eigenvalue weighted by Gasteiger charge is 2.04. The van der Waals surface area contributed by atoms with Crippen molar-refractivity contribution in [3.63, 3.8) is 0 Å². The van der Waals surface area contributed by atoms with Crippen LogP contribution in [-0.2, 0) is 0 Å². The highest BCUT2D eigenvalue weighted by molar-refractivity contribution is 5.82. The molecule has 0 bridgehead atoms. The zero-order valence-corrected chi connectivity index (χ0v) is 10.5. The Labute approximate surface area is 107 Å². The van der Waals surface area contributed by atoms with Crippen molar-refractivity contribution >= 4 is 11.6 Å². The average molecular weight is 240 g/mol. The molecule has 0 atom stereocenters. The van der Waals surface area contributed by atoms with E-state index in [1.54, 1.807) is 19.1 Å². The van der Waals surface area contributed by atoms with E-state index in [0.29, 0.717) is 11.1 Å². The Bertz CT molecular complexity index is 584. The number of aromatic hydroxyl groups is 2. The lowest BCUT2D eigenvalue weighted by Gasteiger charge is -2.06. The van der Waals surface area contributed by atoms with Gasteiger partial charge in [0.25, 0.3) is 0 Å². The van der Waals surface area contributed by atoms with E-state index in [1.165, 1.54) is 0 Å². The number of allylic oxidation sites excluding steroid dienone is 1. The first-order valence-corrected chi connectivity index (χ1v) is 5.84. The van der Waals surface area contributed by atoms with Crippen LogP contribution in [0.5, 0.6) is 11.5 Å². The third-order valence-corrected chi connectivity index (χ3v) is 2.95. The van der Waals surface area contributed by atoms with Crippen LogP contribution in [0.25, 0.3) is 11.6 Å². The maximum Gasteiger partial charge on any atom is 0.123 e. The molecule has 2 nitrogen and oxygen atoms in total. The fourth-order valence-electron chi connectivity index (χ4n) is 1.83. The number of benzene rings is 2. The van der Waals surface area contributed by atoms with Gasteiger partial charge < -0.3 is 10.2 Å². The van der Waals surface area contributed by atoms with Gasteiger partial charge in [-0.15, -0.1) is 0 Å². The summed E-state index contributed by atoms with van der Waals surface area (Å²) in [6.45, 7) is 3.73. The van der Waals surface area contributed by atoms with Gasteiger partial charge in [-0.25, -0.2) is 0 Å². The lowest BCUT2D eigenvalue weighted by atomic mass is 10.0. The van der Waals surface area contributed by atoms with Crippen LogP contribution in [0.3, 0.4) is 0 Å². The lowest BCUT2D eigenvalue weighted by Crippen LogP contribution is -1.82. The zero-order chi connectivity index (χ0) is 13.1. The summed E-state index contributed by atoms with van der Waals surface area (Å²) in [6, 6.07) is 13.1. The Morgan fingerprint density at radius 1 is 1.00 bits per heavy atom. The van der Waals surface area contributed by atoms with Gasteiger partial charge in [0.2, 0.25) is 0 Å². The van der Waals surface area contributed by atoms with Gasteiger partial charge in [-0.1, -0.05) is 30.3 Å². The summed E-state index contributed by atoms with van der Waals surface area (Å²) < 4.78 is 0. The second-order valence-electron chi connectivity index (χ2n) is 4.39. The molecule has 0 amide bonds. The monoisotopic (exact) mass is 240 g/mol. The van der Waals surface area contributed by atoms with E-state index in [1.807, 2.05) is 43.3 Å². The molecule has 0 aliphatic carbocycles. The molecule has 0 radical (unpaired) electrons. The fraction of sp³-hybridized carbons (Fsp3) is 0.125. The summed E-state index contributed by atoms with van der Waals surface area (Å²) in [6.07, 6.45) is 1.86. The van der Waals surface area contributed by atoms with Crippen LogP contribution in [0.4, 0.5) is 0 Å². The molecule has 2 heteroatoms. The van der Waals surface area contributed by atoms with Crippen molar-refractivity contribution in [1.29, 1.82) is 0 Å². The minimum absolute atomic E-state index is 0.181. The number of aryl methyl sites for hydroxylation is 1. The Hall–Kier alpha value is -2.22. The quantitative estimate of drug-likeness (QED) is 0.616. The molecule has 0 aromatic heterocycles. The molecular formula is C16H16O2. The second kappa shape index (κ2) is 4.96. The van der Waals surface area contributed by atoms with Gasteiger partial charge in [0.05, 0.1) is 0 Å². The Kier molecular flexibility index (Phi) is 3.38. The molecule has 0 spiro atoms. The smallest absolute Gasteiger partial charge is 0.123 e. The SMILES string of the molecule is C/C(=C\c1cc(O)c(C)cc1O)c1ccccc1. The maximum atomic E-state index is 9.86. The molecular weight excluding hydrogens is 224 g/mol. The fourth-order valence-corrected chi connectivity index (χ4v) is 1.83. The number of phenols is 2. The molecule has 0 saturated heterocycles. The molecule has 0 fully saturated rings. The normalized spacial score (nSPS) is 11.6. The van der Waals surface area contributed by atoms with E-state index >= 15 is 0 Å². The highest BCUT2D eigenvalue weighted by atomic mass is 16.3. The van der Waals surface area contributed by atoms with Crippen LogP contribution < -0.4 is 0 Å². The van der Waals surface area contributed by atoms with Crippen molar-refractivity contribution in [3.05, 3.63) is 59.2 Å². The van der Waals surface area contributed by atoms with Crippen molar-refractivity contribution in [1.82, 2.24) is 0 Å². The highest BCUT2D eigenvalue weighted by Crippen LogP contribution is 2.29. The van der Waals surface area contributed by atoms with Crippen LogP contribution in [0.2, 0.25) is 0 Å². The Morgan fingerprint density at radius 2 is 1.67 bits per heavy atom. The minimum atomic E-state index is 0.181. The van der Waals surface area contributed by atoms with Crippen LogP contribution in [0, 0.1) is 6.92 Å². The van der Waals surface area contributed by atoms with Gasteiger partial charge in [-0.2, -0.15) is 0 Å². The van der Waals surface area contributed by atoms with Gasteiger partial charge in [0.1, 0.15) is 11.5 Å². The van der Waals surface area contributed by atoms with Gasteiger partial charge in [0, 0.05) is 5.56 Å². The molecule has 2 aromatic carbocycles. The molecule has 0 aliphatic heterocycles. The van der Waals surface area contributed by atoms with Gasteiger partial charge in [0.15, 0.2) is 0 Å². The van der Waals surface area contributed by atoms with E-state index in [-0.39, 0.29) is 11.5 Å². The third kappa shape index (κ3) is 2.54. The van der Waals surface area contributed by atoms with E-state index in [4.69, 9.17) is 0 Å². The predicted octanol–water partition coefficient (Wildman–Crippen LogP) is 3.97. The largest absolute Gasteiger partial charge is 0.508 e. The van der Waals surface area contributed by atoms with Crippen molar-refractivity contribution in [3.8, 4) is 11.5 Å². The standard InChI is InChI=1S/C16H16O2/c1-11(13-6-4-3-5-7-13)8-14-10-15(17)12(2)9-16(14)18/h3-10,17-18H,1-2H3/b11-8+. The first kappa shape index (κ1) is 12.2. The minimum Gasteiger partial charge on any atom is -0.508 e. The molecule has 2 N–H and O–H groups in total. The number of hydrogen-bond donors (Lipinski definition) is 2. The third-order valence-electron chi connectivity index (χ3n) is 2.95. The Morgan fingerprint density at radius 3 is 2.33 bits per heavy atom. The molecule has 0 heterocycles. The summed E-state index contributed by atoms with van der Waals surface area (Å²) in [7, 11) is 0. The van der Waals surface area contributed by atoms with Gasteiger partial charge in [-0.05, 0) is 48.8 Å². The summed E-state index contributed by atoms with van der Waals surface area (Å²) in [5.74, 6) is 0.375. The maximum absolute atomic E-state index is 9.86. The molecule has 0 saturated carbocycles. The number of rotatable bonds is 2. The summed E-state index contributed by atoms with van der Waals surface area (Å²) in [5.41, 5.74) is 3.42. The number of phenolic OH excluding ortho intramolecular Hbond substituents is 2. The first-order valence-electron chi connectivity index (χ1n) is 5.84. The van der Waals surface area contributed by atoms with Crippen LogP contribution >= 0.6 is 0 Å². The Balaban J connectivity index is 2.42. The van der Waals surface area contributed by atoms with Crippen LogP contribution in [0.15, 0.2) is 42.5 Å². The molecule has 18 heavy (non-hydrogen) atoms. The topological polar surface area (TPSA) is 40.5 Å². The van der Waals surface area contributed by atoms with Gasteiger partial charge in [-0.3, -0.25) is 0 Å².